The van der Waals surface area contributed by atoms with Gasteiger partial charge in [0.2, 0.25) is 0 Å². The second kappa shape index (κ2) is 4.96. The first-order valence-corrected chi connectivity index (χ1v) is 7.26. The number of nitrogens with two attached hydrogens (primary N) is 1. The zero-order chi connectivity index (χ0) is 13.4. The van der Waals surface area contributed by atoms with Crippen molar-refractivity contribution in [1.82, 2.24) is 9.55 Å². The van der Waals surface area contributed by atoms with E-state index in [9.17, 15) is 4.79 Å². The average molecular weight is 262 g/mol. The van der Waals surface area contributed by atoms with Crippen LogP contribution in [0.4, 0.5) is 5.82 Å². The Morgan fingerprint density at radius 3 is 3.00 bits per heavy atom. The van der Waals surface area contributed by atoms with Gasteiger partial charge >= 0.3 is 0 Å². The Bertz CT molecular complexity index is 512. The van der Waals surface area contributed by atoms with Crippen molar-refractivity contribution in [3.05, 3.63) is 22.7 Å². The number of fused-ring (bicyclic) bond motifs is 1. The fourth-order valence-electron chi connectivity index (χ4n) is 3.59. The molecule has 1 saturated carbocycles. The first-order chi connectivity index (χ1) is 9.20. The molecular weight excluding hydrogens is 240 g/mol. The Labute approximate surface area is 113 Å². The van der Waals surface area contributed by atoms with Gasteiger partial charge in [-0.05, 0) is 31.6 Å². The van der Waals surface area contributed by atoms with Crippen molar-refractivity contribution >= 4 is 5.82 Å². The van der Waals surface area contributed by atoms with Gasteiger partial charge in [0.05, 0.1) is 0 Å². The maximum absolute atomic E-state index is 12.3. The lowest BCUT2D eigenvalue weighted by molar-refractivity contribution is 0.260. The van der Waals surface area contributed by atoms with Gasteiger partial charge in [0.1, 0.15) is 0 Å². The van der Waals surface area contributed by atoms with Gasteiger partial charge in [-0.25, -0.2) is 4.98 Å². The molecule has 2 fully saturated rings. The number of hydrogen-bond acceptors (Lipinski definition) is 4. The molecule has 1 aromatic heterocycles. The molecule has 0 bridgehead atoms. The molecule has 3 unspecified atom stereocenters. The quantitative estimate of drug-likeness (QED) is 0.857. The Morgan fingerprint density at radius 2 is 2.26 bits per heavy atom. The zero-order valence-corrected chi connectivity index (χ0v) is 11.5. The molecule has 2 heterocycles. The van der Waals surface area contributed by atoms with Crippen LogP contribution in [0.15, 0.2) is 17.2 Å². The molecule has 1 aliphatic carbocycles. The molecule has 0 radical (unpaired) electrons. The maximum atomic E-state index is 12.3. The lowest BCUT2D eigenvalue weighted by Crippen LogP contribution is -2.38. The minimum absolute atomic E-state index is 0.0252. The van der Waals surface area contributed by atoms with Crippen LogP contribution in [0, 0.1) is 11.8 Å². The van der Waals surface area contributed by atoms with E-state index in [1.54, 1.807) is 17.0 Å². The van der Waals surface area contributed by atoms with Crippen molar-refractivity contribution in [3.63, 3.8) is 0 Å². The van der Waals surface area contributed by atoms with Crippen LogP contribution in [0.25, 0.3) is 0 Å². The van der Waals surface area contributed by atoms with Gasteiger partial charge < -0.3 is 15.2 Å². The molecule has 5 nitrogen and oxygen atoms in total. The number of aryl methyl sites for hydroxylation is 1. The molecule has 0 amide bonds. The summed E-state index contributed by atoms with van der Waals surface area (Å²) >= 11 is 0. The van der Waals surface area contributed by atoms with Crippen LogP contribution in [0.2, 0.25) is 0 Å². The summed E-state index contributed by atoms with van der Waals surface area (Å²) in [4.78, 5) is 18.8. The minimum Gasteiger partial charge on any atom is -0.351 e. The normalized spacial score (nSPS) is 30.4. The van der Waals surface area contributed by atoms with Crippen molar-refractivity contribution in [2.24, 2.45) is 17.6 Å². The van der Waals surface area contributed by atoms with Gasteiger partial charge in [0.15, 0.2) is 5.82 Å². The number of hydrogen-bond donors (Lipinski definition) is 1. The molecule has 1 aromatic rings. The predicted octanol–water partition coefficient (Wildman–Crippen LogP) is 0.827. The van der Waals surface area contributed by atoms with Crippen LogP contribution >= 0.6 is 0 Å². The summed E-state index contributed by atoms with van der Waals surface area (Å²) in [6.07, 6.45) is 7.06. The third kappa shape index (κ3) is 2.16. The number of aromatic nitrogens is 2. The van der Waals surface area contributed by atoms with Crippen LogP contribution < -0.4 is 16.2 Å². The Morgan fingerprint density at radius 1 is 1.42 bits per heavy atom. The fourth-order valence-corrected chi connectivity index (χ4v) is 3.59. The van der Waals surface area contributed by atoms with E-state index >= 15 is 0 Å². The summed E-state index contributed by atoms with van der Waals surface area (Å²) < 4.78 is 1.71. The Kier molecular flexibility index (Phi) is 3.31. The molecule has 0 aromatic carbocycles. The van der Waals surface area contributed by atoms with Crippen molar-refractivity contribution in [1.29, 1.82) is 0 Å². The molecule has 3 rings (SSSR count). The highest BCUT2D eigenvalue weighted by Gasteiger charge is 2.39. The second-order valence-electron chi connectivity index (χ2n) is 5.77. The monoisotopic (exact) mass is 262 g/mol. The van der Waals surface area contributed by atoms with E-state index in [1.165, 1.54) is 12.8 Å². The average Bonchev–Trinajstić information content (AvgIpc) is 2.84. The van der Waals surface area contributed by atoms with Gasteiger partial charge in [0, 0.05) is 38.1 Å². The first-order valence-electron chi connectivity index (χ1n) is 7.26. The molecule has 19 heavy (non-hydrogen) atoms. The van der Waals surface area contributed by atoms with Crippen LogP contribution in [0.1, 0.15) is 26.2 Å². The summed E-state index contributed by atoms with van der Waals surface area (Å²) in [5.41, 5.74) is 6.25. The molecule has 5 heteroatoms. The Balaban J connectivity index is 1.87. The van der Waals surface area contributed by atoms with Gasteiger partial charge in [0.25, 0.3) is 5.56 Å². The second-order valence-corrected chi connectivity index (χ2v) is 5.77. The van der Waals surface area contributed by atoms with Crippen LogP contribution in [-0.2, 0) is 6.54 Å². The first kappa shape index (κ1) is 12.7. The molecule has 0 spiro atoms. The van der Waals surface area contributed by atoms with E-state index in [1.807, 2.05) is 6.92 Å². The van der Waals surface area contributed by atoms with Gasteiger partial charge in [-0.3, -0.25) is 4.79 Å². The highest BCUT2D eigenvalue weighted by atomic mass is 16.1. The van der Waals surface area contributed by atoms with E-state index in [4.69, 9.17) is 5.73 Å². The molecule has 1 saturated heterocycles. The van der Waals surface area contributed by atoms with E-state index < -0.39 is 0 Å². The van der Waals surface area contributed by atoms with Crippen molar-refractivity contribution < 1.29 is 0 Å². The summed E-state index contributed by atoms with van der Waals surface area (Å²) in [5.74, 6) is 1.77. The predicted molar refractivity (Wildman–Crippen MR) is 75.2 cm³/mol. The van der Waals surface area contributed by atoms with Gasteiger partial charge in [-0.15, -0.1) is 0 Å². The van der Waals surface area contributed by atoms with Crippen molar-refractivity contribution in [2.45, 2.75) is 38.8 Å². The highest BCUT2D eigenvalue weighted by molar-refractivity contribution is 5.38. The minimum atomic E-state index is 0.0252. The van der Waals surface area contributed by atoms with E-state index in [0.717, 1.165) is 19.5 Å². The fraction of sp³-hybridized carbons (Fsp3) is 0.714. The van der Waals surface area contributed by atoms with Gasteiger partial charge in [-0.1, -0.05) is 6.42 Å². The largest absolute Gasteiger partial charge is 0.351 e. The standard InChI is InChI=1S/C14H22N4O/c1-2-17-7-6-16-13(14(17)19)18-8-10-4-3-5-12(15)11(10)9-18/h6-7,10-12H,2-5,8-9,15H2,1H3. The molecule has 2 N–H and O–H groups in total. The van der Waals surface area contributed by atoms with Gasteiger partial charge in [-0.2, -0.15) is 0 Å². The van der Waals surface area contributed by atoms with E-state index in [0.29, 0.717) is 30.2 Å². The number of anilines is 1. The molecule has 1 aliphatic heterocycles. The summed E-state index contributed by atoms with van der Waals surface area (Å²) in [7, 11) is 0. The summed E-state index contributed by atoms with van der Waals surface area (Å²) in [5, 5.41) is 0. The molecule has 3 atom stereocenters. The van der Waals surface area contributed by atoms with E-state index in [-0.39, 0.29) is 5.56 Å². The molecule has 2 aliphatic rings. The Hall–Kier alpha value is -1.36. The van der Waals surface area contributed by atoms with Crippen LogP contribution in [0.5, 0.6) is 0 Å². The van der Waals surface area contributed by atoms with Crippen molar-refractivity contribution in [3.8, 4) is 0 Å². The topological polar surface area (TPSA) is 64.2 Å². The summed E-state index contributed by atoms with van der Waals surface area (Å²) in [6.45, 7) is 4.50. The smallest absolute Gasteiger partial charge is 0.293 e. The highest BCUT2D eigenvalue weighted by Crippen LogP contribution is 2.36. The molecular formula is C14H22N4O. The third-order valence-corrected chi connectivity index (χ3v) is 4.69. The van der Waals surface area contributed by atoms with Crippen LogP contribution in [0.3, 0.4) is 0 Å². The van der Waals surface area contributed by atoms with Crippen molar-refractivity contribution in [2.75, 3.05) is 18.0 Å². The zero-order valence-electron chi connectivity index (χ0n) is 11.5. The van der Waals surface area contributed by atoms with Crippen LogP contribution in [-0.4, -0.2) is 28.7 Å². The third-order valence-electron chi connectivity index (χ3n) is 4.69. The SMILES string of the molecule is CCn1ccnc(N2CC3CCCC(N)C3C2)c1=O. The lowest BCUT2D eigenvalue weighted by atomic mass is 9.78. The number of rotatable bonds is 2. The van der Waals surface area contributed by atoms with E-state index in [2.05, 4.69) is 9.88 Å². The maximum Gasteiger partial charge on any atom is 0.293 e. The molecule has 104 valence electrons. The lowest BCUT2D eigenvalue weighted by Gasteiger charge is -2.29. The number of nitrogens with zero attached hydrogens (tertiary/aromatic N) is 3. The summed E-state index contributed by atoms with van der Waals surface area (Å²) in [6, 6.07) is 0.292.